The summed E-state index contributed by atoms with van der Waals surface area (Å²) in [6.45, 7) is 0. The van der Waals surface area contributed by atoms with E-state index in [0.29, 0.717) is 5.76 Å². The van der Waals surface area contributed by atoms with Crippen molar-refractivity contribution in [3.8, 4) is 17.1 Å². The van der Waals surface area contributed by atoms with E-state index in [9.17, 15) is 13.2 Å². The van der Waals surface area contributed by atoms with Crippen molar-refractivity contribution in [3.05, 3.63) is 60.6 Å². The number of nitrogens with zero attached hydrogens (tertiary/aromatic N) is 1. The zero-order valence-corrected chi connectivity index (χ0v) is 15.0. The number of hydrogen-bond donors (Lipinski definition) is 1. The van der Waals surface area contributed by atoms with Crippen LogP contribution in [0.2, 0.25) is 0 Å². The number of rotatable bonds is 5. The second-order valence-corrected chi connectivity index (χ2v) is 7.69. The average molecular weight is 393 g/mol. The molecular weight excluding hydrogens is 380 g/mol. The van der Waals surface area contributed by atoms with Gasteiger partial charge >= 0.3 is 5.91 Å². The Labute approximate surface area is 154 Å². The molecule has 7 nitrogen and oxygen atoms in total. The van der Waals surface area contributed by atoms with Crippen LogP contribution in [0.4, 0.5) is 5.69 Å². The van der Waals surface area contributed by atoms with Gasteiger partial charge in [-0.2, -0.15) is 0 Å². The lowest BCUT2D eigenvalue weighted by Crippen LogP contribution is -2.12. The van der Waals surface area contributed by atoms with Crippen molar-refractivity contribution in [2.24, 2.45) is 0 Å². The highest BCUT2D eigenvalue weighted by atomic mass is 35.7. The summed E-state index contributed by atoms with van der Waals surface area (Å²) in [5, 5.41) is 2.51. The lowest BCUT2D eigenvalue weighted by molar-refractivity contribution is 0.0991. The van der Waals surface area contributed by atoms with E-state index >= 15 is 0 Å². The predicted molar refractivity (Wildman–Crippen MR) is 95.9 cm³/mol. The number of nitrogens with one attached hydrogen (secondary N) is 1. The summed E-state index contributed by atoms with van der Waals surface area (Å²) in [5.74, 6) is -0.278. The Balaban J connectivity index is 1.84. The third kappa shape index (κ3) is 3.87. The van der Waals surface area contributed by atoms with E-state index in [-0.39, 0.29) is 22.2 Å². The minimum Gasteiger partial charge on any atom is -0.495 e. The number of aromatic nitrogens is 1. The first kappa shape index (κ1) is 18.0. The molecule has 9 heteroatoms. The first-order valence-corrected chi connectivity index (χ1v) is 9.65. The van der Waals surface area contributed by atoms with E-state index in [1.807, 2.05) is 30.3 Å². The maximum Gasteiger partial charge on any atom is 0.311 e. The van der Waals surface area contributed by atoms with E-state index in [4.69, 9.17) is 19.8 Å². The average Bonchev–Trinajstić information content (AvgIpc) is 3.12. The largest absolute Gasteiger partial charge is 0.495 e. The molecule has 1 heterocycles. The van der Waals surface area contributed by atoms with Crippen molar-refractivity contribution < 1.29 is 22.4 Å². The Kier molecular flexibility index (Phi) is 4.97. The summed E-state index contributed by atoms with van der Waals surface area (Å²) in [6.07, 6.45) is 1.44. The predicted octanol–water partition coefficient (Wildman–Crippen LogP) is 3.53. The standard InChI is InChI=1S/C17H13ClN2O5S/c1-24-13-8-7-12(9-15(13)26(18,22)23)20-16(21)17-19-10-14(25-17)11-5-3-2-4-6-11/h2-10H,1H3,(H,20,21). The zero-order valence-electron chi connectivity index (χ0n) is 13.5. The van der Waals surface area contributed by atoms with E-state index in [1.165, 1.54) is 31.5 Å². The molecule has 0 atom stereocenters. The number of carbonyl (C=O) groups is 1. The van der Waals surface area contributed by atoms with Crippen LogP contribution in [-0.4, -0.2) is 26.4 Å². The molecule has 0 unspecified atom stereocenters. The van der Waals surface area contributed by atoms with Crippen LogP contribution in [0, 0.1) is 0 Å². The SMILES string of the molecule is COc1ccc(NC(=O)c2ncc(-c3ccccc3)o2)cc1S(=O)(=O)Cl. The van der Waals surface area contributed by atoms with Crippen LogP contribution >= 0.6 is 10.7 Å². The summed E-state index contributed by atoms with van der Waals surface area (Å²) in [6, 6.07) is 13.2. The molecular formula is C17H13ClN2O5S. The molecule has 2 aromatic carbocycles. The van der Waals surface area contributed by atoms with Gasteiger partial charge in [0.2, 0.25) is 0 Å². The lowest BCUT2D eigenvalue weighted by Gasteiger charge is -2.08. The van der Waals surface area contributed by atoms with Crippen LogP contribution in [0.1, 0.15) is 10.7 Å². The van der Waals surface area contributed by atoms with Gasteiger partial charge in [-0.15, -0.1) is 0 Å². The molecule has 0 aliphatic heterocycles. The fourth-order valence-electron chi connectivity index (χ4n) is 2.24. The number of benzene rings is 2. The van der Waals surface area contributed by atoms with E-state index in [1.54, 1.807) is 0 Å². The highest BCUT2D eigenvalue weighted by Crippen LogP contribution is 2.30. The molecule has 1 aromatic heterocycles. The van der Waals surface area contributed by atoms with Gasteiger partial charge in [0.15, 0.2) is 5.76 Å². The van der Waals surface area contributed by atoms with Crippen molar-refractivity contribution in [1.29, 1.82) is 0 Å². The van der Waals surface area contributed by atoms with Gasteiger partial charge in [0.1, 0.15) is 10.6 Å². The van der Waals surface area contributed by atoms with Crippen LogP contribution in [0.25, 0.3) is 11.3 Å². The Morgan fingerprint density at radius 2 is 1.92 bits per heavy atom. The monoisotopic (exact) mass is 392 g/mol. The second kappa shape index (κ2) is 7.19. The third-order valence-corrected chi connectivity index (χ3v) is 4.79. The number of amides is 1. The van der Waals surface area contributed by atoms with Gasteiger partial charge < -0.3 is 14.5 Å². The molecule has 3 aromatic rings. The van der Waals surface area contributed by atoms with Gasteiger partial charge in [-0.25, -0.2) is 13.4 Å². The molecule has 0 aliphatic carbocycles. The number of hydrogen-bond acceptors (Lipinski definition) is 6. The molecule has 0 saturated carbocycles. The topological polar surface area (TPSA) is 98.5 Å². The molecule has 134 valence electrons. The molecule has 0 radical (unpaired) electrons. The number of oxazole rings is 1. The first-order valence-electron chi connectivity index (χ1n) is 7.34. The van der Waals surface area contributed by atoms with Crippen LogP contribution in [0.5, 0.6) is 5.75 Å². The summed E-state index contributed by atoms with van der Waals surface area (Å²) in [5.41, 5.74) is 0.980. The molecule has 0 fully saturated rings. The van der Waals surface area contributed by atoms with Crippen molar-refractivity contribution in [1.82, 2.24) is 4.98 Å². The highest BCUT2D eigenvalue weighted by molar-refractivity contribution is 8.13. The van der Waals surface area contributed by atoms with Crippen molar-refractivity contribution in [2.75, 3.05) is 12.4 Å². The van der Waals surface area contributed by atoms with Gasteiger partial charge in [-0.05, 0) is 18.2 Å². The van der Waals surface area contributed by atoms with Gasteiger partial charge in [-0.3, -0.25) is 4.79 Å². The lowest BCUT2D eigenvalue weighted by atomic mass is 10.2. The molecule has 0 saturated heterocycles. The van der Waals surface area contributed by atoms with Crippen LogP contribution in [0.3, 0.4) is 0 Å². The molecule has 0 spiro atoms. The fourth-order valence-corrected chi connectivity index (χ4v) is 3.27. The Morgan fingerprint density at radius 1 is 1.19 bits per heavy atom. The number of ether oxygens (including phenoxy) is 1. The maximum atomic E-state index is 12.3. The summed E-state index contributed by atoms with van der Waals surface area (Å²) < 4.78 is 33.7. The van der Waals surface area contributed by atoms with E-state index < -0.39 is 15.0 Å². The minimum atomic E-state index is -4.04. The Morgan fingerprint density at radius 3 is 2.58 bits per heavy atom. The zero-order chi connectivity index (χ0) is 18.7. The minimum absolute atomic E-state index is 0.0699. The Bertz CT molecular complexity index is 1050. The molecule has 3 rings (SSSR count). The van der Waals surface area contributed by atoms with Crippen molar-refractivity contribution in [3.63, 3.8) is 0 Å². The molecule has 0 bridgehead atoms. The number of carbonyl (C=O) groups excluding carboxylic acids is 1. The normalized spacial score (nSPS) is 11.2. The highest BCUT2D eigenvalue weighted by Gasteiger charge is 2.19. The maximum absolute atomic E-state index is 12.3. The molecule has 26 heavy (non-hydrogen) atoms. The summed E-state index contributed by atoms with van der Waals surface area (Å²) in [4.78, 5) is 16.0. The number of anilines is 1. The van der Waals surface area contributed by atoms with Crippen LogP contribution < -0.4 is 10.1 Å². The van der Waals surface area contributed by atoms with E-state index in [0.717, 1.165) is 5.56 Å². The van der Waals surface area contributed by atoms with Crippen molar-refractivity contribution >= 4 is 31.3 Å². The first-order chi connectivity index (χ1) is 12.4. The molecule has 1 amide bonds. The Hall–Kier alpha value is -2.84. The summed E-state index contributed by atoms with van der Waals surface area (Å²) >= 11 is 0. The fraction of sp³-hybridized carbons (Fsp3) is 0.0588. The van der Waals surface area contributed by atoms with Gasteiger partial charge in [0.05, 0.1) is 13.3 Å². The van der Waals surface area contributed by atoms with Crippen molar-refractivity contribution in [2.45, 2.75) is 4.90 Å². The number of methoxy groups -OCH3 is 1. The quantitative estimate of drug-likeness (QED) is 0.667. The van der Waals surface area contributed by atoms with Crippen LogP contribution in [0.15, 0.2) is 64.0 Å². The third-order valence-electron chi connectivity index (χ3n) is 3.44. The van der Waals surface area contributed by atoms with E-state index in [2.05, 4.69) is 10.3 Å². The number of halogens is 1. The van der Waals surface area contributed by atoms with Crippen LogP contribution in [-0.2, 0) is 9.05 Å². The molecule has 1 N–H and O–H groups in total. The van der Waals surface area contributed by atoms with Gasteiger partial charge in [-0.1, -0.05) is 30.3 Å². The summed E-state index contributed by atoms with van der Waals surface area (Å²) in [7, 11) is 2.66. The molecule has 0 aliphatic rings. The van der Waals surface area contributed by atoms with Gasteiger partial charge in [0.25, 0.3) is 14.9 Å². The van der Waals surface area contributed by atoms with Gasteiger partial charge in [0, 0.05) is 21.9 Å². The smallest absolute Gasteiger partial charge is 0.311 e. The second-order valence-electron chi connectivity index (χ2n) is 5.15.